The fraction of sp³-hybridized carbons (Fsp3) is 0.632. The number of rotatable bonds is 7. The van der Waals surface area contributed by atoms with Crippen molar-refractivity contribution >= 4 is 21.6 Å². The van der Waals surface area contributed by atoms with Crippen LogP contribution in [0.5, 0.6) is 0 Å². The molecule has 4 rings (SSSR count). The minimum absolute atomic E-state index is 0.151. The molecule has 0 spiro atoms. The number of hydrogen-bond acceptors (Lipinski definition) is 7. The number of halogens is 1. The average molecular weight is 443 g/mol. The first kappa shape index (κ1) is 21.6. The highest BCUT2D eigenvalue weighted by atomic mass is 32.2. The second-order valence-electron chi connectivity index (χ2n) is 8.17. The zero-order chi connectivity index (χ0) is 21.5. The molecule has 3 saturated heterocycles. The number of piperazine rings is 1. The van der Waals surface area contributed by atoms with E-state index in [-0.39, 0.29) is 41.6 Å². The van der Waals surface area contributed by atoms with Crippen molar-refractivity contribution in [1.29, 1.82) is 0 Å². The number of aliphatic hydroxyl groups excluding tert-OH is 1. The van der Waals surface area contributed by atoms with E-state index < -0.39 is 34.4 Å². The number of benzene rings is 1. The Morgan fingerprint density at radius 1 is 1.33 bits per heavy atom. The second kappa shape index (κ2) is 8.48. The lowest BCUT2D eigenvalue weighted by Gasteiger charge is -2.37. The third-order valence-corrected chi connectivity index (χ3v) is 8.32. The molecule has 6 atom stereocenters. The molecule has 0 aromatic heterocycles. The van der Waals surface area contributed by atoms with Crippen LogP contribution in [0, 0.1) is 5.82 Å². The van der Waals surface area contributed by atoms with Gasteiger partial charge in [-0.15, -0.1) is 0 Å². The summed E-state index contributed by atoms with van der Waals surface area (Å²) in [4.78, 5) is 14.5. The quantitative estimate of drug-likeness (QED) is 0.344. The van der Waals surface area contributed by atoms with Crippen molar-refractivity contribution in [2.45, 2.75) is 49.9 Å². The SMILES string of the molecule is O=C(Nc1cccc(F)c1CC[C@H]1C2CN2C2CCCS(=O)(=O)N1C2)[C@H](CO)NO. The fourth-order valence-electron chi connectivity index (χ4n) is 4.73. The number of sulfonamides is 1. The number of nitrogens with one attached hydrogen (secondary N) is 2. The average Bonchev–Trinajstić information content (AvgIpc) is 3.50. The summed E-state index contributed by atoms with van der Waals surface area (Å²) in [5.41, 5.74) is 2.23. The highest BCUT2D eigenvalue weighted by molar-refractivity contribution is 7.89. The number of nitrogens with zero attached hydrogens (tertiary/aromatic N) is 2. The smallest absolute Gasteiger partial charge is 0.246 e. The van der Waals surface area contributed by atoms with Gasteiger partial charge in [0.15, 0.2) is 0 Å². The van der Waals surface area contributed by atoms with Crippen LogP contribution in [0.4, 0.5) is 10.1 Å². The molecule has 9 nitrogen and oxygen atoms in total. The Balaban J connectivity index is 1.52. The van der Waals surface area contributed by atoms with Crippen molar-refractivity contribution in [3.8, 4) is 0 Å². The van der Waals surface area contributed by atoms with Crippen LogP contribution in [0.2, 0.25) is 0 Å². The van der Waals surface area contributed by atoms with E-state index in [1.807, 2.05) is 0 Å². The Morgan fingerprint density at radius 3 is 2.87 bits per heavy atom. The largest absolute Gasteiger partial charge is 0.394 e. The molecule has 11 heteroatoms. The highest BCUT2D eigenvalue weighted by Crippen LogP contribution is 2.40. The maximum Gasteiger partial charge on any atom is 0.246 e. The number of amides is 1. The lowest BCUT2D eigenvalue weighted by atomic mass is 9.98. The Labute approximate surface area is 174 Å². The van der Waals surface area contributed by atoms with Gasteiger partial charge in [0.05, 0.1) is 12.4 Å². The molecule has 30 heavy (non-hydrogen) atoms. The summed E-state index contributed by atoms with van der Waals surface area (Å²) < 4.78 is 41.7. The Bertz CT molecular complexity index is 910. The van der Waals surface area contributed by atoms with Gasteiger partial charge in [0.25, 0.3) is 0 Å². The van der Waals surface area contributed by atoms with E-state index in [0.717, 1.165) is 13.0 Å². The minimum atomic E-state index is -3.33. The molecule has 4 unspecified atom stereocenters. The summed E-state index contributed by atoms with van der Waals surface area (Å²) >= 11 is 0. The molecule has 1 amide bonds. The summed E-state index contributed by atoms with van der Waals surface area (Å²) in [6.07, 6.45) is 2.24. The number of hydroxylamine groups is 1. The van der Waals surface area contributed by atoms with Gasteiger partial charge in [0.1, 0.15) is 11.9 Å². The highest BCUT2D eigenvalue weighted by Gasteiger charge is 2.54. The van der Waals surface area contributed by atoms with E-state index in [1.54, 1.807) is 15.9 Å². The summed E-state index contributed by atoms with van der Waals surface area (Å²) in [6.45, 7) is 0.730. The van der Waals surface area contributed by atoms with Crippen molar-refractivity contribution in [3.05, 3.63) is 29.6 Å². The molecule has 0 aliphatic carbocycles. The second-order valence-corrected chi connectivity index (χ2v) is 10.2. The molecule has 3 fully saturated rings. The molecule has 166 valence electrons. The minimum Gasteiger partial charge on any atom is -0.394 e. The first-order valence-corrected chi connectivity index (χ1v) is 11.8. The predicted molar refractivity (Wildman–Crippen MR) is 107 cm³/mol. The standard InChI is InChI=1S/C19H27FN4O5S/c20-14-4-1-5-15(21-19(26)16(11-25)22-27)13(14)6-7-17-18-10-23(18)12-3-2-8-30(28,29)24(17)9-12/h1,4-5,12,16-18,22,25,27H,2-3,6-11H2,(H,21,26)/t12?,16-,17-,18?,23?/m0/s1. The van der Waals surface area contributed by atoms with E-state index in [4.69, 9.17) is 10.3 Å². The number of anilines is 1. The molecule has 3 heterocycles. The van der Waals surface area contributed by atoms with E-state index in [2.05, 4.69) is 10.2 Å². The van der Waals surface area contributed by atoms with Crippen LogP contribution in [-0.2, 0) is 21.2 Å². The molecule has 1 aromatic carbocycles. The monoisotopic (exact) mass is 442 g/mol. The summed E-state index contributed by atoms with van der Waals surface area (Å²) in [5, 5.41) is 20.6. The van der Waals surface area contributed by atoms with Gasteiger partial charge >= 0.3 is 0 Å². The number of fused-ring (bicyclic) bond motifs is 4. The first-order valence-electron chi connectivity index (χ1n) is 10.2. The van der Waals surface area contributed by atoms with Crippen LogP contribution < -0.4 is 10.8 Å². The van der Waals surface area contributed by atoms with Gasteiger partial charge in [0, 0.05) is 42.5 Å². The van der Waals surface area contributed by atoms with Gasteiger partial charge in [0.2, 0.25) is 15.9 Å². The maximum absolute atomic E-state index is 14.6. The molecular formula is C19H27FN4O5S. The van der Waals surface area contributed by atoms with Crippen LogP contribution in [0.3, 0.4) is 0 Å². The van der Waals surface area contributed by atoms with Gasteiger partial charge < -0.3 is 15.6 Å². The van der Waals surface area contributed by atoms with Gasteiger partial charge in [-0.05, 0) is 37.8 Å². The number of carbonyl (C=O) groups excluding carboxylic acids is 1. The van der Waals surface area contributed by atoms with Crippen LogP contribution >= 0.6 is 0 Å². The predicted octanol–water partition coefficient (Wildman–Crippen LogP) is -0.103. The molecule has 0 radical (unpaired) electrons. The third-order valence-electron chi connectivity index (χ3n) is 6.38. The zero-order valence-electron chi connectivity index (χ0n) is 16.5. The van der Waals surface area contributed by atoms with E-state index in [1.165, 1.54) is 12.1 Å². The van der Waals surface area contributed by atoms with E-state index in [9.17, 15) is 17.6 Å². The van der Waals surface area contributed by atoms with Gasteiger partial charge in [-0.25, -0.2) is 12.8 Å². The number of hydrogen-bond donors (Lipinski definition) is 4. The number of carbonyl (C=O) groups is 1. The molecule has 1 aromatic rings. The summed E-state index contributed by atoms with van der Waals surface area (Å²) in [6, 6.07) is 3.29. The first-order chi connectivity index (χ1) is 14.4. The molecule has 3 aliphatic rings. The molecule has 2 bridgehead atoms. The Kier molecular flexibility index (Phi) is 6.11. The van der Waals surface area contributed by atoms with Gasteiger partial charge in [-0.1, -0.05) is 6.07 Å². The van der Waals surface area contributed by atoms with E-state index >= 15 is 0 Å². The van der Waals surface area contributed by atoms with Crippen LogP contribution in [0.15, 0.2) is 18.2 Å². The van der Waals surface area contributed by atoms with Crippen molar-refractivity contribution in [3.63, 3.8) is 0 Å². The lowest BCUT2D eigenvalue weighted by molar-refractivity contribution is -0.121. The van der Waals surface area contributed by atoms with Crippen LogP contribution in [0.1, 0.15) is 24.8 Å². The van der Waals surface area contributed by atoms with Crippen molar-refractivity contribution in [2.75, 3.05) is 30.8 Å². The topological polar surface area (TPSA) is 122 Å². The summed E-state index contributed by atoms with van der Waals surface area (Å²) in [5.74, 6) is -1.04. The van der Waals surface area contributed by atoms with Crippen molar-refractivity contribution in [2.24, 2.45) is 0 Å². The van der Waals surface area contributed by atoms with E-state index in [0.29, 0.717) is 19.4 Å². The fourth-order valence-corrected chi connectivity index (χ4v) is 6.55. The molecule has 3 aliphatic heterocycles. The van der Waals surface area contributed by atoms with Crippen molar-refractivity contribution in [1.82, 2.24) is 14.7 Å². The molecule has 4 N–H and O–H groups in total. The zero-order valence-corrected chi connectivity index (χ0v) is 17.3. The van der Waals surface area contributed by atoms with Crippen molar-refractivity contribution < 1.29 is 27.9 Å². The summed E-state index contributed by atoms with van der Waals surface area (Å²) in [7, 11) is -3.33. The van der Waals surface area contributed by atoms with Gasteiger partial charge in [-0.3, -0.25) is 9.69 Å². The van der Waals surface area contributed by atoms with Crippen LogP contribution in [-0.4, -0.2) is 83.5 Å². The normalized spacial score (nSPS) is 32.6. The Hall–Kier alpha value is -1.63. The van der Waals surface area contributed by atoms with Gasteiger partial charge in [-0.2, -0.15) is 9.79 Å². The molecule has 0 saturated carbocycles. The lowest BCUT2D eigenvalue weighted by Crippen LogP contribution is -2.53. The third kappa shape index (κ3) is 4.10. The number of aliphatic hydroxyl groups is 1. The molecular weight excluding hydrogens is 415 g/mol. The Morgan fingerprint density at radius 2 is 2.13 bits per heavy atom. The maximum atomic E-state index is 14.6. The van der Waals surface area contributed by atoms with Crippen LogP contribution in [0.25, 0.3) is 0 Å².